The highest BCUT2D eigenvalue weighted by Gasteiger charge is 2.35. The van der Waals surface area contributed by atoms with Crippen LogP contribution in [0.25, 0.3) is 11.5 Å². The Labute approximate surface area is 176 Å². The minimum absolute atomic E-state index is 0.0423. The number of nitro groups is 1. The van der Waals surface area contributed by atoms with Crippen molar-refractivity contribution in [3.8, 4) is 17.2 Å². The highest BCUT2D eigenvalue weighted by molar-refractivity contribution is 7.99. The summed E-state index contributed by atoms with van der Waals surface area (Å²) in [6, 6.07) is 8.85. The maximum absolute atomic E-state index is 13.2. The Hall–Kier alpha value is -3.61. The molecule has 0 spiro atoms. The van der Waals surface area contributed by atoms with Gasteiger partial charge in [0.25, 0.3) is 10.9 Å². The Morgan fingerprint density at radius 2 is 1.94 bits per heavy atom. The molecule has 0 radical (unpaired) electrons. The van der Waals surface area contributed by atoms with Crippen LogP contribution in [0, 0.1) is 10.1 Å². The molecule has 0 fully saturated rings. The Kier molecular flexibility index (Phi) is 6.44. The number of halogens is 3. The number of benzene rings is 2. The van der Waals surface area contributed by atoms with Gasteiger partial charge in [-0.15, -0.1) is 10.2 Å². The topological polar surface area (TPSA) is 120 Å². The van der Waals surface area contributed by atoms with E-state index in [1.165, 1.54) is 7.11 Å². The van der Waals surface area contributed by atoms with Crippen molar-refractivity contribution in [2.24, 2.45) is 0 Å². The van der Waals surface area contributed by atoms with Gasteiger partial charge in [0, 0.05) is 17.7 Å². The molecule has 1 heterocycles. The third-order valence-electron chi connectivity index (χ3n) is 3.86. The second-order valence-electron chi connectivity index (χ2n) is 5.92. The lowest BCUT2D eigenvalue weighted by molar-refractivity contribution is -0.385. The Morgan fingerprint density at radius 3 is 2.55 bits per heavy atom. The molecule has 9 nitrogen and oxygen atoms in total. The average Bonchev–Trinajstić information content (AvgIpc) is 3.21. The minimum Gasteiger partial charge on any atom is -0.497 e. The second kappa shape index (κ2) is 9.04. The van der Waals surface area contributed by atoms with Crippen LogP contribution in [0.2, 0.25) is 0 Å². The van der Waals surface area contributed by atoms with E-state index in [0.717, 1.165) is 23.9 Å². The molecule has 0 aliphatic rings. The summed E-state index contributed by atoms with van der Waals surface area (Å²) in [6.45, 7) is 0. The fraction of sp³-hybridized carbons (Fsp3) is 0.167. The van der Waals surface area contributed by atoms with Gasteiger partial charge in [-0.2, -0.15) is 13.2 Å². The van der Waals surface area contributed by atoms with E-state index in [4.69, 9.17) is 9.15 Å². The number of carbonyl (C=O) groups is 1. The zero-order valence-corrected chi connectivity index (χ0v) is 16.5. The van der Waals surface area contributed by atoms with Gasteiger partial charge >= 0.3 is 6.18 Å². The SMILES string of the molecule is COc1ccc(-c2nnc(SCC(=O)Nc3ccc([N+](=O)[O-])cc3C(F)(F)F)o2)cc1. The number of aromatic nitrogens is 2. The number of nitrogens with one attached hydrogen (secondary N) is 1. The van der Waals surface area contributed by atoms with Crippen molar-refractivity contribution in [2.45, 2.75) is 11.4 Å². The number of hydrogen-bond acceptors (Lipinski definition) is 8. The predicted molar refractivity (Wildman–Crippen MR) is 104 cm³/mol. The first kappa shape index (κ1) is 22.1. The largest absolute Gasteiger partial charge is 0.497 e. The number of carbonyl (C=O) groups excluding carboxylic acids is 1. The first-order valence-corrected chi connectivity index (χ1v) is 9.42. The highest BCUT2D eigenvalue weighted by atomic mass is 32.2. The number of thioether (sulfide) groups is 1. The number of ether oxygens (including phenoxy) is 1. The van der Waals surface area contributed by atoms with Crippen molar-refractivity contribution >= 4 is 29.0 Å². The molecule has 0 aliphatic carbocycles. The Bertz CT molecular complexity index is 1100. The lowest BCUT2D eigenvalue weighted by atomic mass is 10.1. The molecule has 3 rings (SSSR count). The van der Waals surface area contributed by atoms with Crippen molar-refractivity contribution in [1.82, 2.24) is 10.2 Å². The maximum Gasteiger partial charge on any atom is 0.418 e. The number of hydrogen-bond donors (Lipinski definition) is 1. The normalized spacial score (nSPS) is 11.2. The molecular weight excluding hydrogens is 441 g/mol. The lowest BCUT2D eigenvalue weighted by Gasteiger charge is -2.13. The number of non-ortho nitro benzene ring substituents is 1. The number of alkyl halides is 3. The second-order valence-corrected chi connectivity index (χ2v) is 6.85. The fourth-order valence-corrected chi connectivity index (χ4v) is 2.98. The molecule has 2 aromatic carbocycles. The van der Waals surface area contributed by atoms with E-state index in [9.17, 15) is 28.1 Å². The molecule has 13 heteroatoms. The van der Waals surface area contributed by atoms with Crippen LogP contribution in [-0.4, -0.2) is 33.9 Å². The van der Waals surface area contributed by atoms with Gasteiger partial charge in [0.15, 0.2) is 0 Å². The number of nitro benzene ring substituents is 1. The third kappa shape index (κ3) is 5.51. The summed E-state index contributed by atoms with van der Waals surface area (Å²) in [6.07, 6.45) is -4.89. The summed E-state index contributed by atoms with van der Waals surface area (Å²) in [5, 5.41) is 20.5. The van der Waals surface area contributed by atoms with E-state index in [-0.39, 0.29) is 16.9 Å². The van der Waals surface area contributed by atoms with Crippen molar-refractivity contribution in [3.05, 3.63) is 58.1 Å². The summed E-state index contributed by atoms with van der Waals surface area (Å²) in [5.41, 5.74) is -2.03. The molecule has 1 N–H and O–H groups in total. The summed E-state index contributed by atoms with van der Waals surface area (Å²) >= 11 is 0.826. The lowest BCUT2D eigenvalue weighted by Crippen LogP contribution is -2.18. The number of nitrogens with zero attached hydrogens (tertiary/aromatic N) is 3. The summed E-state index contributed by atoms with van der Waals surface area (Å²) in [5.74, 6) is -0.272. The van der Waals surface area contributed by atoms with Crippen LogP contribution < -0.4 is 10.1 Å². The number of amides is 1. The van der Waals surface area contributed by atoms with Gasteiger partial charge in [-0.05, 0) is 30.3 Å². The van der Waals surface area contributed by atoms with Crippen molar-refractivity contribution in [2.75, 3.05) is 18.2 Å². The molecule has 162 valence electrons. The summed E-state index contributed by atoms with van der Waals surface area (Å²) < 4.78 is 50.0. The molecular formula is C18H13F3N4O5S. The van der Waals surface area contributed by atoms with Crippen molar-refractivity contribution in [3.63, 3.8) is 0 Å². The maximum atomic E-state index is 13.2. The van der Waals surface area contributed by atoms with Crippen molar-refractivity contribution in [1.29, 1.82) is 0 Å². The van der Waals surface area contributed by atoms with Crippen LogP contribution >= 0.6 is 11.8 Å². The van der Waals surface area contributed by atoms with Gasteiger partial charge in [0.1, 0.15) is 5.75 Å². The van der Waals surface area contributed by atoms with Crippen LogP contribution in [0.5, 0.6) is 5.75 Å². The van der Waals surface area contributed by atoms with Crippen molar-refractivity contribution < 1.29 is 32.0 Å². The molecule has 31 heavy (non-hydrogen) atoms. The molecule has 1 aromatic heterocycles. The molecule has 1 amide bonds. The molecule has 0 saturated carbocycles. The van der Waals surface area contributed by atoms with Crippen LogP contribution in [0.4, 0.5) is 24.5 Å². The first-order valence-electron chi connectivity index (χ1n) is 8.43. The van der Waals surface area contributed by atoms with Gasteiger partial charge in [-0.3, -0.25) is 14.9 Å². The van der Waals surface area contributed by atoms with Crippen LogP contribution in [0.15, 0.2) is 52.1 Å². The zero-order valence-electron chi connectivity index (χ0n) is 15.7. The zero-order chi connectivity index (χ0) is 22.6. The van der Waals surface area contributed by atoms with E-state index in [1.807, 2.05) is 0 Å². The summed E-state index contributed by atoms with van der Waals surface area (Å²) in [7, 11) is 1.52. The minimum atomic E-state index is -4.89. The monoisotopic (exact) mass is 454 g/mol. The van der Waals surface area contributed by atoms with Gasteiger partial charge in [0.05, 0.1) is 29.0 Å². The molecule has 3 aromatic rings. The van der Waals surface area contributed by atoms with Crippen LogP contribution in [-0.2, 0) is 11.0 Å². The van der Waals surface area contributed by atoms with Crippen LogP contribution in [0.3, 0.4) is 0 Å². The average molecular weight is 454 g/mol. The van der Waals surface area contributed by atoms with Crippen LogP contribution in [0.1, 0.15) is 5.56 Å². The molecule has 0 atom stereocenters. The smallest absolute Gasteiger partial charge is 0.418 e. The molecule has 0 aliphatic heterocycles. The van der Waals surface area contributed by atoms with Gasteiger partial charge in [-0.1, -0.05) is 11.8 Å². The molecule has 0 bridgehead atoms. The standard InChI is InChI=1S/C18H13F3N4O5S/c1-29-12-5-2-10(3-6-12)16-23-24-17(30-16)31-9-15(26)22-14-7-4-11(25(27)28)8-13(14)18(19,20)21/h2-8H,9H2,1H3,(H,22,26). The Balaban J connectivity index is 1.65. The first-order chi connectivity index (χ1) is 14.7. The fourth-order valence-electron chi connectivity index (χ4n) is 2.42. The van der Waals surface area contributed by atoms with E-state index < -0.39 is 33.9 Å². The van der Waals surface area contributed by atoms with Gasteiger partial charge in [-0.25, -0.2) is 0 Å². The quantitative estimate of drug-likeness (QED) is 0.317. The third-order valence-corrected chi connectivity index (χ3v) is 4.68. The predicted octanol–water partition coefficient (Wildman–Crippen LogP) is 4.40. The number of rotatable bonds is 7. The van der Waals surface area contributed by atoms with Gasteiger partial charge < -0.3 is 14.5 Å². The highest BCUT2D eigenvalue weighted by Crippen LogP contribution is 2.37. The molecule has 0 unspecified atom stereocenters. The summed E-state index contributed by atoms with van der Waals surface area (Å²) in [4.78, 5) is 21.9. The van der Waals surface area contributed by atoms with E-state index in [0.29, 0.717) is 17.4 Å². The molecule has 0 saturated heterocycles. The number of anilines is 1. The van der Waals surface area contributed by atoms with E-state index in [2.05, 4.69) is 15.5 Å². The number of methoxy groups -OCH3 is 1. The van der Waals surface area contributed by atoms with E-state index >= 15 is 0 Å². The van der Waals surface area contributed by atoms with E-state index in [1.54, 1.807) is 24.3 Å². The van der Waals surface area contributed by atoms with Gasteiger partial charge in [0.2, 0.25) is 11.8 Å². The Morgan fingerprint density at radius 1 is 1.23 bits per heavy atom.